The summed E-state index contributed by atoms with van der Waals surface area (Å²) in [6.45, 7) is 4.07. The highest BCUT2D eigenvalue weighted by molar-refractivity contribution is 6.31. The molecule has 0 aliphatic carbocycles. The van der Waals surface area contributed by atoms with Crippen LogP contribution < -0.4 is 5.32 Å². The molecule has 2 N–H and O–H groups in total. The fraction of sp³-hybridized carbons (Fsp3) is 0.250. The molecule has 2 aromatic heterocycles. The molecule has 0 aliphatic rings. The minimum atomic E-state index is 0.541. The van der Waals surface area contributed by atoms with Crippen LogP contribution in [0.4, 0.5) is 11.6 Å². The van der Waals surface area contributed by atoms with E-state index in [0.717, 1.165) is 34.7 Å². The molecule has 0 saturated heterocycles. The highest BCUT2D eigenvalue weighted by Gasteiger charge is 2.07. The molecule has 0 amide bonds. The van der Waals surface area contributed by atoms with E-state index in [1.165, 1.54) is 0 Å². The largest absolute Gasteiger partial charge is 0.322 e. The van der Waals surface area contributed by atoms with E-state index >= 15 is 0 Å². The number of hydrogen-bond donors (Lipinski definition) is 2. The van der Waals surface area contributed by atoms with Crippen LogP contribution in [0, 0.1) is 6.92 Å². The summed E-state index contributed by atoms with van der Waals surface area (Å²) >= 11 is 6.05. The van der Waals surface area contributed by atoms with Gasteiger partial charge in [-0.25, -0.2) is 4.98 Å². The number of aryl methyl sites for hydroxylation is 2. The van der Waals surface area contributed by atoms with Crippen molar-refractivity contribution in [2.24, 2.45) is 0 Å². The number of nitrogens with zero attached hydrogens (tertiary/aromatic N) is 4. The maximum Gasteiger partial charge on any atom is 0.183 e. The number of hydrogen-bond acceptors (Lipinski definition) is 5. The van der Waals surface area contributed by atoms with E-state index in [2.05, 4.69) is 37.6 Å². The second kappa shape index (κ2) is 6.75. The molecular weight excluding hydrogens is 312 g/mol. The van der Waals surface area contributed by atoms with Crippen molar-refractivity contribution in [2.75, 3.05) is 5.32 Å². The quantitative estimate of drug-likeness (QED) is 0.742. The summed E-state index contributed by atoms with van der Waals surface area (Å²) in [5.41, 5.74) is 2.94. The fourth-order valence-electron chi connectivity index (χ4n) is 2.22. The molecule has 0 radical (unpaired) electrons. The third-order valence-corrected chi connectivity index (χ3v) is 3.81. The molecular formula is C16H17ClN6. The Balaban J connectivity index is 1.82. The van der Waals surface area contributed by atoms with Crippen LogP contribution in [0.3, 0.4) is 0 Å². The Hall–Kier alpha value is -2.47. The zero-order chi connectivity index (χ0) is 16.2. The number of aromatic nitrogens is 5. The van der Waals surface area contributed by atoms with Gasteiger partial charge in [0.25, 0.3) is 0 Å². The van der Waals surface area contributed by atoms with Crippen LogP contribution >= 0.6 is 11.6 Å². The first-order valence-corrected chi connectivity index (χ1v) is 7.81. The third-order valence-electron chi connectivity index (χ3n) is 3.38. The molecule has 0 unspecified atom stereocenters. The van der Waals surface area contributed by atoms with Gasteiger partial charge < -0.3 is 5.32 Å². The second-order valence-corrected chi connectivity index (χ2v) is 5.69. The smallest absolute Gasteiger partial charge is 0.183 e. The second-order valence-electron chi connectivity index (χ2n) is 5.28. The van der Waals surface area contributed by atoms with E-state index in [1.54, 1.807) is 6.20 Å². The molecule has 0 saturated carbocycles. The van der Waals surface area contributed by atoms with Gasteiger partial charge in [-0.1, -0.05) is 24.9 Å². The van der Waals surface area contributed by atoms with Crippen molar-refractivity contribution in [1.82, 2.24) is 25.4 Å². The lowest BCUT2D eigenvalue weighted by Gasteiger charge is -2.05. The summed E-state index contributed by atoms with van der Waals surface area (Å²) in [5, 5.41) is 19.2. The molecule has 0 atom stereocenters. The van der Waals surface area contributed by atoms with E-state index in [0.29, 0.717) is 17.5 Å². The fourth-order valence-corrected chi connectivity index (χ4v) is 2.34. The third kappa shape index (κ3) is 3.65. The lowest BCUT2D eigenvalue weighted by molar-refractivity contribution is 0.867. The van der Waals surface area contributed by atoms with Gasteiger partial charge in [-0.15, -0.1) is 5.10 Å². The molecule has 0 spiro atoms. The van der Waals surface area contributed by atoms with E-state index in [4.69, 9.17) is 11.6 Å². The monoisotopic (exact) mass is 328 g/mol. The Morgan fingerprint density at radius 3 is 2.87 bits per heavy atom. The SMILES string of the molecule is CCCc1cc(Nc2cnnc(-c3ccc(Cl)c(C)c3)n2)n[nH]1. The van der Waals surface area contributed by atoms with Gasteiger partial charge in [-0.2, -0.15) is 10.2 Å². The first-order valence-electron chi connectivity index (χ1n) is 7.43. The number of anilines is 2. The number of halogens is 1. The number of H-pyrrole nitrogens is 1. The maximum atomic E-state index is 6.05. The highest BCUT2D eigenvalue weighted by atomic mass is 35.5. The molecule has 3 rings (SSSR count). The van der Waals surface area contributed by atoms with E-state index < -0.39 is 0 Å². The molecule has 3 aromatic rings. The van der Waals surface area contributed by atoms with Crippen molar-refractivity contribution in [1.29, 1.82) is 0 Å². The lowest BCUT2D eigenvalue weighted by atomic mass is 10.1. The summed E-state index contributed by atoms with van der Waals surface area (Å²) < 4.78 is 0. The average Bonchev–Trinajstić information content (AvgIpc) is 2.98. The summed E-state index contributed by atoms with van der Waals surface area (Å²) in [6.07, 6.45) is 3.60. The predicted octanol–water partition coefficient (Wildman–Crippen LogP) is 3.92. The predicted molar refractivity (Wildman–Crippen MR) is 90.9 cm³/mol. The van der Waals surface area contributed by atoms with Crippen LogP contribution in [-0.4, -0.2) is 25.4 Å². The molecule has 1 aromatic carbocycles. The summed E-state index contributed by atoms with van der Waals surface area (Å²) in [5.74, 6) is 1.85. The molecule has 118 valence electrons. The van der Waals surface area contributed by atoms with Crippen LogP contribution in [0.25, 0.3) is 11.4 Å². The minimum absolute atomic E-state index is 0.541. The number of nitrogens with one attached hydrogen (secondary N) is 2. The summed E-state index contributed by atoms with van der Waals surface area (Å²) in [6, 6.07) is 7.62. The van der Waals surface area contributed by atoms with Crippen molar-refractivity contribution in [2.45, 2.75) is 26.7 Å². The Bertz CT molecular complexity index is 814. The van der Waals surface area contributed by atoms with Crippen molar-refractivity contribution in [3.8, 4) is 11.4 Å². The number of benzene rings is 1. The van der Waals surface area contributed by atoms with Gasteiger partial charge in [-0.05, 0) is 37.1 Å². The van der Waals surface area contributed by atoms with Crippen molar-refractivity contribution in [3.63, 3.8) is 0 Å². The molecule has 0 fully saturated rings. The van der Waals surface area contributed by atoms with E-state index in [-0.39, 0.29) is 0 Å². The van der Waals surface area contributed by atoms with Gasteiger partial charge >= 0.3 is 0 Å². The Morgan fingerprint density at radius 1 is 1.22 bits per heavy atom. The molecule has 2 heterocycles. The maximum absolute atomic E-state index is 6.05. The summed E-state index contributed by atoms with van der Waals surface area (Å²) in [7, 11) is 0. The molecule has 7 heteroatoms. The van der Waals surface area contributed by atoms with Crippen LogP contribution in [0.2, 0.25) is 5.02 Å². The molecule has 0 aliphatic heterocycles. The molecule has 23 heavy (non-hydrogen) atoms. The van der Waals surface area contributed by atoms with Gasteiger partial charge in [0.2, 0.25) is 0 Å². The lowest BCUT2D eigenvalue weighted by Crippen LogP contribution is -1.99. The topological polar surface area (TPSA) is 79.4 Å². The number of rotatable bonds is 5. The van der Waals surface area contributed by atoms with Crippen molar-refractivity contribution in [3.05, 3.63) is 46.7 Å². The van der Waals surface area contributed by atoms with Crippen molar-refractivity contribution >= 4 is 23.2 Å². The van der Waals surface area contributed by atoms with Crippen LogP contribution in [0.1, 0.15) is 24.6 Å². The van der Waals surface area contributed by atoms with Gasteiger partial charge in [0.15, 0.2) is 17.5 Å². The normalized spacial score (nSPS) is 10.7. The van der Waals surface area contributed by atoms with Crippen molar-refractivity contribution < 1.29 is 0 Å². The number of aromatic amines is 1. The van der Waals surface area contributed by atoms with Gasteiger partial charge in [0, 0.05) is 22.3 Å². The zero-order valence-corrected chi connectivity index (χ0v) is 13.7. The highest BCUT2D eigenvalue weighted by Crippen LogP contribution is 2.23. The first kappa shape index (κ1) is 15.4. The standard InChI is InChI=1S/C16H17ClN6/c1-3-4-12-8-14(22-21-12)19-15-9-18-23-16(20-15)11-5-6-13(17)10(2)7-11/h5-9H,3-4H2,1-2H3,(H2,19,20,21,22,23). The van der Waals surface area contributed by atoms with E-state index in [1.807, 2.05) is 31.2 Å². The Labute approximate surface area is 139 Å². The van der Waals surface area contributed by atoms with Crippen LogP contribution in [0.15, 0.2) is 30.5 Å². The van der Waals surface area contributed by atoms with Gasteiger partial charge in [0.05, 0.1) is 6.20 Å². The minimum Gasteiger partial charge on any atom is -0.322 e. The van der Waals surface area contributed by atoms with Gasteiger partial charge in [-0.3, -0.25) is 5.10 Å². The Morgan fingerprint density at radius 2 is 2.09 bits per heavy atom. The van der Waals surface area contributed by atoms with Crippen LogP contribution in [-0.2, 0) is 6.42 Å². The molecule has 0 bridgehead atoms. The van der Waals surface area contributed by atoms with Gasteiger partial charge in [0.1, 0.15) is 0 Å². The zero-order valence-electron chi connectivity index (χ0n) is 13.0. The first-order chi connectivity index (χ1) is 11.2. The van der Waals surface area contributed by atoms with E-state index in [9.17, 15) is 0 Å². The summed E-state index contributed by atoms with van der Waals surface area (Å²) in [4.78, 5) is 4.48. The average molecular weight is 329 g/mol. The van der Waals surface area contributed by atoms with Crippen LogP contribution in [0.5, 0.6) is 0 Å². The molecule has 6 nitrogen and oxygen atoms in total. The Kier molecular flexibility index (Phi) is 4.52.